The van der Waals surface area contributed by atoms with Crippen molar-refractivity contribution in [2.24, 2.45) is 0 Å². The molecule has 0 fully saturated rings. The monoisotopic (exact) mass is 341 g/mol. The summed E-state index contributed by atoms with van der Waals surface area (Å²) in [5, 5.41) is 3.42. The maximum absolute atomic E-state index is 6.02. The van der Waals surface area contributed by atoms with Gasteiger partial charge in [0.15, 0.2) is 0 Å². The van der Waals surface area contributed by atoms with Crippen molar-refractivity contribution in [3.8, 4) is 5.75 Å². The SMILES string of the molecule is C=Cc1cccc(COc2ccc(CC)cc2C)c1NC(=S)OC. The molecule has 0 aliphatic heterocycles. The van der Waals surface area contributed by atoms with Crippen LogP contribution < -0.4 is 10.1 Å². The zero-order valence-corrected chi connectivity index (χ0v) is 15.2. The van der Waals surface area contributed by atoms with Crippen LogP contribution in [0.5, 0.6) is 5.75 Å². The Kier molecular flexibility index (Phi) is 6.38. The first kappa shape index (κ1) is 18.0. The molecule has 0 saturated carbocycles. The minimum absolute atomic E-state index is 0.314. The summed E-state index contributed by atoms with van der Waals surface area (Å²) in [6, 6.07) is 12.2. The number of nitrogens with one attached hydrogen (secondary N) is 1. The van der Waals surface area contributed by atoms with Crippen LogP contribution in [0.15, 0.2) is 43.0 Å². The molecule has 2 aromatic carbocycles. The molecule has 0 amide bonds. The number of para-hydroxylation sites is 1. The highest BCUT2D eigenvalue weighted by molar-refractivity contribution is 7.80. The van der Waals surface area contributed by atoms with E-state index in [1.165, 1.54) is 5.56 Å². The van der Waals surface area contributed by atoms with E-state index >= 15 is 0 Å². The van der Waals surface area contributed by atoms with Crippen molar-refractivity contribution < 1.29 is 9.47 Å². The average Bonchev–Trinajstić information content (AvgIpc) is 2.61. The largest absolute Gasteiger partial charge is 0.489 e. The molecule has 0 aliphatic carbocycles. The highest BCUT2D eigenvalue weighted by Crippen LogP contribution is 2.26. The third kappa shape index (κ3) is 4.36. The highest BCUT2D eigenvalue weighted by atomic mass is 32.1. The number of aryl methyl sites for hydroxylation is 2. The molecule has 4 heteroatoms. The van der Waals surface area contributed by atoms with Crippen LogP contribution in [0.25, 0.3) is 6.08 Å². The summed E-state index contributed by atoms with van der Waals surface area (Å²) in [4.78, 5) is 0. The number of hydrogen-bond acceptors (Lipinski definition) is 3. The quantitative estimate of drug-likeness (QED) is 0.739. The zero-order valence-electron chi connectivity index (χ0n) is 14.4. The fourth-order valence-corrected chi connectivity index (χ4v) is 2.57. The topological polar surface area (TPSA) is 30.5 Å². The Morgan fingerprint density at radius 2 is 2.08 bits per heavy atom. The molecule has 0 radical (unpaired) electrons. The van der Waals surface area contributed by atoms with Gasteiger partial charge in [0, 0.05) is 5.56 Å². The third-order valence-corrected chi connectivity index (χ3v) is 4.11. The van der Waals surface area contributed by atoms with Crippen LogP contribution in [0.3, 0.4) is 0 Å². The molecule has 1 N–H and O–H groups in total. The van der Waals surface area contributed by atoms with E-state index in [4.69, 9.17) is 21.7 Å². The van der Waals surface area contributed by atoms with E-state index in [9.17, 15) is 0 Å². The lowest BCUT2D eigenvalue weighted by atomic mass is 10.1. The Balaban J connectivity index is 2.23. The molecule has 0 bridgehead atoms. The Hall–Kier alpha value is -2.33. The minimum atomic E-state index is 0.314. The van der Waals surface area contributed by atoms with Crippen molar-refractivity contribution in [1.82, 2.24) is 0 Å². The molecule has 0 aliphatic rings. The number of hydrogen-bond donors (Lipinski definition) is 1. The summed E-state index contributed by atoms with van der Waals surface area (Å²) in [5.74, 6) is 0.886. The second kappa shape index (κ2) is 8.50. The Bertz CT molecular complexity index is 740. The average molecular weight is 341 g/mol. The van der Waals surface area contributed by atoms with Crippen molar-refractivity contribution in [3.63, 3.8) is 0 Å². The zero-order chi connectivity index (χ0) is 17.5. The van der Waals surface area contributed by atoms with Crippen molar-refractivity contribution in [1.29, 1.82) is 0 Å². The van der Waals surface area contributed by atoms with Gasteiger partial charge in [-0.2, -0.15) is 0 Å². The lowest BCUT2D eigenvalue weighted by molar-refractivity contribution is 0.304. The maximum Gasteiger partial charge on any atom is 0.260 e. The lowest BCUT2D eigenvalue weighted by Crippen LogP contribution is -2.14. The summed E-state index contributed by atoms with van der Waals surface area (Å²) in [7, 11) is 1.54. The molecule has 2 rings (SSSR count). The van der Waals surface area contributed by atoms with Crippen molar-refractivity contribution in [3.05, 3.63) is 65.2 Å². The van der Waals surface area contributed by atoms with Crippen LogP contribution in [0.2, 0.25) is 0 Å². The standard InChI is InChI=1S/C20H23NO2S/c1-5-15-10-11-18(14(3)12-15)23-13-17-9-7-8-16(6-2)19(17)21-20(24)22-4/h6-12H,2,5,13H2,1,3-4H3,(H,21,24). The van der Waals surface area contributed by atoms with E-state index < -0.39 is 0 Å². The van der Waals surface area contributed by atoms with Gasteiger partial charge >= 0.3 is 0 Å². The molecule has 0 heterocycles. The van der Waals surface area contributed by atoms with Crippen LogP contribution in [0.4, 0.5) is 5.69 Å². The van der Waals surface area contributed by atoms with Gasteiger partial charge < -0.3 is 14.8 Å². The fraction of sp³-hybridized carbons (Fsp3) is 0.250. The van der Waals surface area contributed by atoms with Gasteiger partial charge in [-0.15, -0.1) is 0 Å². The first-order valence-electron chi connectivity index (χ1n) is 7.90. The van der Waals surface area contributed by atoms with Crippen molar-refractivity contribution >= 4 is 29.2 Å². The lowest BCUT2D eigenvalue weighted by Gasteiger charge is -2.16. The molecular formula is C20H23NO2S. The predicted molar refractivity (Wildman–Crippen MR) is 105 cm³/mol. The Labute approximate surface area is 149 Å². The van der Waals surface area contributed by atoms with Crippen molar-refractivity contribution in [2.75, 3.05) is 12.4 Å². The van der Waals surface area contributed by atoms with Gasteiger partial charge in [-0.25, -0.2) is 0 Å². The van der Waals surface area contributed by atoms with Gasteiger partial charge in [-0.05, 0) is 48.3 Å². The summed E-state index contributed by atoms with van der Waals surface area (Å²) >= 11 is 5.12. The number of ether oxygens (including phenoxy) is 2. The van der Waals surface area contributed by atoms with Gasteiger partial charge in [0.1, 0.15) is 12.4 Å². The van der Waals surface area contributed by atoms with Crippen LogP contribution in [-0.4, -0.2) is 12.3 Å². The summed E-state index contributed by atoms with van der Waals surface area (Å²) < 4.78 is 11.1. The Morgan fingerprint density at radius 3 is 2.71 bits per heavy atom. The van der Waals surface area contributed by atoms with Gasteiger partial charge in [-0.1, -0.05) is 49.9 Å². The van der Waals surface area contributed by atoms with Gasteiger partial charge in [0.2, 0.25) is 0 Å². The molecule has 0 saturated heterocycles. The number of thiocarbonyl (C=S) groups is 1. The summed E-state index contributed by atoms with van der Waals surface area (Å²) in [5.41, 5.74) is 5.25. The van der Waals surface area contributed by atoms with Crippen LogP contribution in [0.1, 0.15) is 29.2 Å². The molecule has 24 heavy (non-hydrogen) atoms. The number of benzene rings is 2. The second-order valence-corrected chi connectivity index (χ2v) is 5.81. The fourth-order valence-electron chi connectivity index (χ4n) is 2.46. The van der Waals surface area contributed by atoms with Crippen LogP contribution in [0, 0.1) is 6.92 Å². The molecule has 3 nitrogen and oxygen atoms in total. The van der Waals surface area contributed by atoms with E-state index in [0.717, 1.165) is 34.5 Å². The summed E-state index contributed by atoms with van der Waals surface area (Å²) in [6.07, 6.45) is 2.80. The maximum atomic E-state index is 6.02. The van der Waals surface area contributed by atoms with E-state index in [1.54, 1.807) is 13.2 Å². The Morgan fingerprint density at radius 1 is 1.29 bits per heavy atom. The number of rotatable bonds is 6. The number of anilines is 1. The predicted octanol–water partition coefficient (Wildman–Crippen LogP) is 5.12. The smallest absolute Gasteiger partial charge is 0.260 e. The summed E-state index contributed by atoms with van der Waals surface area (Å²) in [6.45, 7) is 8.49. The first-order valence-corrected chi connectivity index (χ1v) is 8.31. The van der Waals surface area contributed by atoms with Gasteiger partial charge in [0.25, 0.3) is 5.17 Å². The van der Waals surface area contributed by atoms with Gasteiger partial charge in [0.05, 0.1) is 12.8 Å². The molecule has 0 unspecified atom stereocenters. The van der Waals surface area contributed by atoms with E-state index in [2.05, 4.69) is 37.9 Å². The van der Waals surface area contributed by atoms with Gasteiger partial charge in [-0.3, -0.25) is 0 Å². The van der Waals surface area contributed by atoms with Crippen LogP contribution in [-0.2, 0) is 17.8 Å². The molecule has 0 atom stereocenters. The minimum Gasteiger partial charge on any atom is -0.489 e. The third-order valence-electron chi connectivity index (χ3n) is 3.85. The second-order valence-electron chi connectivity index (χ2n) is 5.44. The molecule has 2 aromatic rings. The molecule has 0 aromatic heterocycles. The van der Waals surface area contributed by atoms with Crippen molar-refractivity contribution in [2.45, 2.75) is 26.9 Å². The first-order chi connectivity index (χ1) is 11.6. The van der Waals surface area contributed by atoms with E-state index in [1.807, 2.05) is 24.3 Å². The van der Waals surface area contributed by atoms with E-state index in [-0.39, 0.29) is 0 Å². The van der Waals surface area contributed by atoms with E-state index in [0.29, 0.717) is 11.8 Å². The molecular weight excluding hydrogens is 318 g/mol. The molecule has 126 valence electrons. The normalized spacial score (nSPS) is 10.1. The highest BCUT2D eigenvalue weighted by Gasteiger charge is 2.10. The van der Waals surface area contributed by atoms with Crippen LogP contribution >= 0.6 is 12.2 Å². The number of methoxy groups -OCH3 is 1. The molecule has 0 spiro atoms.